The van der Waals surface area contributed by atoms with Gasteiger partial charge >= 0.3 is 12.6 Å². The Labute approximate surface area is 99.5 Å². The molecule has 1 N–H and O–H groups in total. The maximum Gasteiger partial charge on any atom is 0.387 e. The molecule has 0 radical (unpaired) electrons. The monoisotopic (exact) mass is 257 g/mol. The smallest absolute Gasteiger partial charge is 0.387 e. The predicted octanol–water partition coefficient (Wildman–Crippen LogP) is 2.40. The Balaban J connectivity index is 3.19. The number of halogens is 3. The number of benzene rings is 1. The Kier molecular flexibility index (Phi) is 4.32. The van der Waals surface area contributed by atoms with Crippen LogP contribution >= 0.6 is 0 Å². The third-order valence-corrected chi connectivity index (χ3v) is 1.84. The second-order valence-electron chi connectivity index (χ2n) is 3.03. The number of ether oxygens (including phenoxy) is 1. The average Bonchev–Trinajstić information content (AvgIpc) is 2.27. The molecule has 0 saturated heterocycles. The molecule has 0 fully saturated rings. The zero-order chi connectivity index (χ0) is 13.7. The van der Waals surface area contributed by atoms with Crippen molar-refractivity contribution in [1.29, 1.82) is 5.26 Å². The van der Waals surface area contributed by atoms with Gasteiger partial charge in [-0.1, -0.05) is 0 Å². The third kappa shape index (κ3) is 3.52. The van der Waals surface area contributed by atoms with E-state index in [1.165, 1.54) is 0 Å². The Hall–Kier alpha value is -2.49. The summed E-state index contributed by atoms with van der Waals surface area (Å²) in [6.45, 7) is -3.18. The molecule has 0 atom stereocenters. The highest BCUT2D eigenvalue weighted by Crippen LogP contribution is 2.24. The van der Waals surface area contributed by atoms with Crippen molar-refractivity contribution in [2.24, 2.45) is 0 Å². The quantitative estimate of drug-likeness (QED) is 0.841. The molecule has 0 aliphatic carbocycles. The van der Waals surface area contributed by atoms with E-state index in [0.29, 0.717) is 12.1 Å². The van der Waals surface area contributed by atoms with Crippen molar-refractivity contribution in [1.82, 2.24) is 0 Å². The van der Waals surface area contributed by atoms with Crippen molar-refractivity contribution >= 4 is 12.0 Å². The predicted molar refractivity (Wildman–Crippen MR) is 54.4 cm³/mol. The standard InChI is InChI=1S/C11H6F3NO3/c12-8-4-9(18-11(13)14)7(5-15)3-6(8)1-2-10(16)17/h1-4,11H,(H,16,17)/b2-1+. The molecule has 0 bridgehead atoms. The lowest BCUT2D eigenvalue weighted by atomic mass is 10.1. The van der Waals surface area contributed by atoms with E-state index in [1.807, 2.05) is 0 Å². The van der Waals surface area contributed by atoms with Crippen LogP contribution in [0.5, 0.6) is 5.75 Å². The molecule has 0 aromatic heterocycles. The van der Waals surface area contributed by atoms with Gasteiger partial charge in [0.05, 0.1) is 5.56 Å². The van der Waals surface area contributed by atoms with Crippen molar-refractivity contribution < 1.29 is 27.8 Å². The van der Waals surface area contributed by atoms with Crippen LogP contribution in [-0.2, 0) is 4.79 Å². The molecular formula is C11H6F3NO3. The molecule has 94 valence electrons. The van der Waals surface area contributed by atoms with Gasteiger partial charge in [-0.3, -0.25) is 0 Å². The zero-order valence-corrected chi connectivity index (χ0v) is 8.73. The van der Waals surface area contributed by atoms with E-state index in [4.69, 9.17) is 10.4 Å². The van der Waals surface area contributed by atoms with Crippen LogP contribution in [0.4, 0.5) is 13.2 Å². The third-order valence-electron chi connectivity index (χ3n) is 1.84. The second kappa shape index (κ2) is 5.72. The van der Waals surface area contributed by atoms with Crippen molar-refractivity contribution in [3.63, 3.8) is 0 Å². The van der Waals surface area contributed by atoms with Crippen LogP contribution in [-0.4, -0.2) is 17.7 Å². The highest BCUT2D eigenvalue weighted by Gasteiger charge is 2.13. The SMILES string of the molecule is N#Cc1cc(/C=C/C(=O)O)c(F)cc1OC(F)F. The van der Waals surface area contributed by atoms with Crippen LogP contribution < -0.4 is 4.74 Å². The lowest BCUT2D eigenvalue weighted by Gasteiger charge is -2.07. The summed E-state index contributed by atoms with van der Waals surface area (Å²) in [4.78, 5) is 10.3. The van der Waals surface area contributed by atoms with Gasteiger partial charge in [0.25, 0.3) is 0 Å². The number of nitriles is 1. The maximum atomic E-state index is 13.4. The summed E-state index contributed by atoms with van der Waals surface area (Å²) in [6, 6.07) is 3.08. The van der Waals surface area contributed by atoms with Crippen LogP contribution in [0, 0.1) is 17.1 Å². The molecule has 0 aliphatic heterocycles. The highest BCUT2D eigenvalue weighted by atomic mass is 19.3. The molecule has 1 aromatic carbocycles. The number of rotatable bonds is 4. The summed E-state index contributed by atoms with van der Waals surface area (Å²) >= 11 is 0. The van der Waals surface area contributed by atoms with Crippen molar-refractivity contribution in [2.45, 2.75) is 6.61 Å². The summed E-state index contributed by atoms with van der Waals surface area (Å²) in [6.07, 6.45) is 1.57. The van der Waals surface area contributed by atoms with Crippen LogP contribution in [0.1, 0.15) is 11.1 Å². The summed E-state index contributed by atoms with van der Waals surface area (Å²) in [7, 11) is 0. The van der Waals surface area contributed by atoms with Crippen molar-refractivity contribution in [2.75, 3.05) is 0 Å². The van der Waals surface area contributed by atoms with Crippen LogP contribution in [0.25, 0.3) is 6.08 Å². The molecule has 7 heteroatoms. The fourth-order valence-electron chi connectivity index (χ4n) is 1.14. The number of aliphatic carboxylic acids is 1. The molecule has 0 saturated carbocycles. The number of carboxylic acid groups (broad SMARTS) is 1. The van der Waals surface area contributed by atoms with Gasteiger partial charge in [-0.25, -0.2) is 9.18 Å². The topological polar surface area (TPSA) is 70.3 Å². The van der Waals surface area contributed by atoms with Crippen LogP contribution in [0.15, 0.2) is 18.2 Å². The molecule has 0 spiro atoms. The molecule has 1 aromatic rings. The average molecular weight is 257 g/mol. The van der Waals surface area contributed by atoms with E-state index in [1.54, 1.807) is 6.07 Å². The van der Waals surface area contributed by atoms with E-state index in [2.05, 4.69) is 4.74 Å². The first-order valence-electron chi connectivity index (χ1n) is 4.53. The summed E-state index contributed by atoms with van der Waals surface area (Å²) in [5.74, 6) is -2.87. The Morgan fingerprint density at radius 2 is 2.17 bits per heavy atom. The molecule has 4 nitrogen and oxygen atoms in total. The van der Waals surface area contributed by atoms with Gasteiger partial charge in [-0.2, -0.15) is 14.0 Å². The van der Waals surface area contributed by atoms with E-state index < -0.39 is 24.1 Å². The summed E-state index contributed by atoms with van der Waals surface area (Å²) in [5.41, 5.74) is -0.530. The minimum Gasteiger partial charge on any atom is -0.478 e. The minimum absolute atomic E-state index is 0.212. The van der Waals surface area contributed by atoms with Gasteiger partial charge in [0.2, 0.25) is 0 Å². The van der Waals surface area contributed by atoms with Gasteiger partial charge in [0, 0.05) is 17.7 Å². The van der Waals surface area contributed by atoms with Gasteiger partial charge in [-0.05, 0) is 12.1 Å². The highest BCUT2D eigenvalue weighted by molar-refractivity contribution is 5.85. The summed E-state index contributed by atoms with van der Waals surface area (Å²) in [5, 5.41) is 17.1. The fraction of sp³-hybridized carbons (Fsp3) is 0.0909. The Morgan fingerprint density at radius 3 is 2.67 bits per heavy atom. The minimum atomic E-state index is -3.18. The number of hydrogen-bond acceptors (Lipinski definition) is 3. The van der Waals surface area contributed by atoms with E-state index in [-0.39, 0.29) is 11.1 Å². The molecular weight excluding hydrogens is 251 g/mol. The summed E-state index contributed by atoms with van der Waals surface area (Å²) < 4.78 is 41.3. The van der Waals surface area contributed by atoms with E-state index in [0.717, 1.165) is 12.1 Å². The molecule has 0 aliphatic rings. The molecule has 0 unspecified atom stereocenters. The number of carbonyl (C=O) groups is 1. The van der Waals surface area contributed by atoms with Crippen LogP contribution in [0.2, 0.25) is 0 Å². The lowest BCUT2D eigenvalue weighted by molar-refractivity contribution is -0.131. The van der Waals surface area contributed by atoms with Crippen molar-refractivity contribution in [3.8, 4) is 11.8 Å². The fourth-order valence-corrected chi connectivity index (χ4v) is 1.14. The van der Waals surface area contributed by atoms with Gasteiger partial charge in [-0.15, -0.1) is 0 Å². The first-order chi connectivity index (χ1) is 8.43. The van der Waals surface area contributed by atoms with Gasteiger partial charge in [0.15, 0.2) is 0 Å². The lowest BCUT2D eigenvalue weighted by Crippen LogP contribution is -2.04. The van der Waals surface area contributed by atoms with Gasteiger partial charge in [0.1, 0.15) is 17.6 Å². The van der Waals surface area contributed by atoms with E-state index in [9.17, 15) is 18.0 Å². The largest absolute Gasteiger partial charge is 0.478 e. The molecule has 18 heavy (non-hydrogen) atoms. The Morgan fingerprint density at radius 1 is 1.50 bits per heavy atom. The maximum absolute atomic E-state index is 13.4. The number of carboxylic acids is 1. The molecule has 0 heterocycles. The Bertz CT molecular complexity index is 535. The van der Waals surface area contributed by atoms with Crippen molar-refractivity contribution in [3.05, 3.63) is 35.2 Å². The first kappa shape index (κ1) is 13.6. The van der Waals surface area contributed by atoms with E-state index >= 15 is 0 Å². The van der Waals surface area contributed by atoms with Gasteiger partial charge < -0.3 is 9.84 Å². The molecule has 0 amide bonds. The first-order valence-corrected chi connectivity index (χ1v) is 4.53. The zero-order valence-electron chi connectivity index (χ0n) is 8.73. The number of alkyl halides is 2. The number of nitrogens with zero attached hydrogens (tertiary/aromatic N) is 1. The second-order valence-corrected chi connectivity index (χ2v) is 3.03. The molecule has 1 rings (SSSR count). The number of hydrogen-bond donors (Lipinski definition) is 1. The van der Waals surface area contributed by atoms with Crippen LogP contribution in [0.3, 0.4) is 0 Å². The normalized spacial score (nSPS) is 10.6.